The van der Waals surface area contributed by atoms with Crippen LogP contribution in [0.1, 0.15) is 17.0 Å². The number of rotatable bonds is 6. The number of aromatic nitrogens is 2. The number of hydrogen-bond donors (Lipinski definition) is 0. The Morgan fingerprint density at radius 2 is 1.76 bits per heavy atom. The summed E-state index contributed by atoms with van der Waals surface area (Å²) in [7, 11) is 0. The summed E-state index contributed by atoms with van der Waals surface area (Å²) < 4.78 is 2.09. The number of carbonyl (C=O) groups is 1. The van der Waals surface area contributed by atoms with Gasteiger partial charge in [-0.25, -0.2) is 4.98 Å². The summed E-state index contributed by atoms with van der Waals surface area (Å²) in [5.74, 6) is 1.97. The Labute approximate surface area is 176 Å². The van der Waals surface area contributed by atoms with E-state index in [4.69, 9.17) is 4.98 Å². The predicted molar refractivity (Wildman–Crippen MR) is 120 cm³/mol. The number of thioether (sulfide) groups is 1. The number of hydrogen-bond acceptors (Lipinski definition) is 4. The Bertz CT molecular complexity index is 991. The van der Waals surface area contributed by atoms with Gasteiger partial charge in [0.1, 0.15) is 12.4 Å². The van der Waals surface area contributed by atoms with Crippen LogP contribution in [-0.4, -0.2) is 57.7 Å². The Morgan fingerprint density at radius 3 is 2.52 bits per heavy atom. The van der Waals surface area contributed by atoms with Crippen molar-refractivity contribution in [2.45, 2.75) is 25.8 Å². The van der Waals surface area contributed by atoms with Crippen molar-refractivity contribution < 1.29 is 4.79 Å². The van der Waals surface area contributed by atoms with Gasteiger partial charge in [0.2, 0.25) is 5.91 Å². The van der Waals surface area contributed by atoms with Crippen molar-refractivity contribution >= 4 is 28.7 Å². The van der Waals surface area contributed by atoms with E-state index in [2.05, 4.69) is 53.0 Å². The molecule has 0 aliphatic carbocycles. The molecule has 2 heterocycles. The van der Waals surface area contributed by atoms with E-state index in [9.17, 15) is 4.79 Å². The van der Waals surface area contributed by atoms with Crippen molar-refractivity contribution in [2.24, 2.45) is 0 Å². The zero-order valence-corrected chi connectivity index (χ0v) is 18.0. The van der Waals surface area contributed by atoms with Crippen molar-refractivity contribution in [1.29, 1.82) is 0 Å². The van der Waals surface area contributed by atoms with Gasteiger partial charge in [-0.3, -0.25) is 9.69 Å². The zero-order valence-electron chi connectivity index (χ0n) is 17.2. The molecule has 0 N–H and O–H groups in total. The van der Waals surface area contributed by atoms with Gasteiger partial charge in [-0.05, 0) is 36.4 Å². The summed E-state index contributed by atoms with van der Waals surface area (Å²) in [4.78, 5) is 22.2. The van der Waals surface area contributed by atoms with Crippen LogP contribution in [0.25, 0.3) is 11.0 Å². The molecule has 1 amide bonds. The Hall–Kier alpha value is -2.31. The lowest BCUT2D eigenvalue weighted by Crippen LogP contribution is -2.49. The van der Waals surface area contributed by atoms with E-state index < -0.39 is 0 Å². The van der Waals surface area contributed by atoms with Crippen LogP contribution in [-0.2, 0) is 23.6 Å². The van der Waals surface area contributed by atoms with Crippen LogP contribution in [0.15, 0.2) is 48.5 Å². The molecule has 1 aliphatic rings. The van der Waals surface area contributed by atoms with Gasteiger partial charge in [0.25, 0.3) is 0 Å². The molecular weight excluding hydrogens is 380 g/mol. The largest absolute Gasteiger partial charge is 0.339 e. The fraction of sp³-hybridized carbons (Fsp3) is 0.391. The highest BCUT2D eigenvalue weighted by molar-refractivity contribution is 7.97. The van der Waals surface area contributed by atoms with Gasteiger partial charge in [-0.15, -0.1) is 0 Å². The third-order valence-corrected chi connectivity index (χ3v) is 6.23. The second kappa shape index (κ2) is 9.01. The van der Waals surface area contributed by atoms with Crippen molar-refractivity contribution in [3.05, 3.63) is 65.5 Å². The number of imidazole rings is 1. The van der Waals surface area contributed by atoms with Gasteiger partial charge < -0.3 is 9.47 Å². The fourth-order valence-corrected chi connectivity index (χ4v) is 4.44. The molecule has 0 unspecified atom stereocenters. The summed E-state index contributed by atoms with van der Waals surface area (Å²) in [6, 6.07) is 16.6. The molecular formula is C23H28N4OS. The third kappa shape index (κ3) is 4.49. The summed E-state index contributed by atoms with van der Waals surface area (Å²) >= 11 is 1.73. The number of para-hydroxylation sites is 2. The highest BCUT2D eigenvalue weighted by atomic mass is 32.2. The van der Waals surface area contributed by atoms with E-state index in [0.717, 1.165) is 55.3 Å². The number of aryl methyl sites for hydroxylation is 1. The minimum atomic E-state index is 0.186. The van der Waals surface area contributed by atoms with Gasteiger partial charge in [-0.2, -0.15) is 11.8 Å². The molecule has 0 bridgehead atoms. The SMILES string of the molecule is CSCc1nc2ccccc2n1CC(=O)N1CCN(Cc2ccccc2C)CC1. The molecule has 5 nitrogen and oxygen atoms in total. The number of amides is 1. The second-order valence-electron chi connectivity index (χ2n) is 7.62. The standard InChI is InChI=1S/C23H28N4OS/c1-18-7-3-4-8-19(18)15-25-11-13-26(14-12-25)23(28)16-27-21-10-6-5-9-20(21)24-22(27)17-29-2/h3-10H,11-17H2,1-2H3. The number of nitrogens with zero attached hydrogens (tertiary/aromatic N) is 4. The lowest BCUT2D eigenvalue weighted by molar-refractivity contribution is -0.133. The first-order valence-corrected chi connectivity index (χ1v) is 11.5. The van der Waals surface area contributed by atoms with Gasteiger partial charge in [0.05, 0.1) is 16.8 Å². The molecule has 6 heteroatoms. The van der Waals surface area contributed by atoms with Crippen molar-refractivity contribution in [1.82, 2.24) is 19.4 Å². The third-order valence-electron chi connectivity index (χ3n) is 5.68. The first kappa shape index (κ1) is 20.0. The van der Waals surface area contributed by atoms with E-state index in [0.29, 0.717) is 6.54 Å². The smallest absolute Gasteiger partial charge is 0.242 e. The molecule has 29 heavy (non-hydrogen) atoms. The summed E-state index contributed by atoms with van der Waals surface area (Å²) in [6.07, 6.45) is 2.07. The Morgan fingerprint density at radius 1 is 1.03 bits per heavy atom. The Kier molecular flexibility index (Phi) is 6.21. The van der Waals surface area contributed by atoms with Crippen molar-refractivity contribution in [3.63, 3.8) is 0 Å². The quantitative estimate of drug-likeness (QED) is 0.626. The van der Waals surface area contributed by atoms with Crippen LogP contribution < -0.4 is 0 Å². The molecule has 3 aromatic rings. The van der Waals surface area contributed by atoms with Crippen LogP contribution in [0.4, 0.5) is 0 Å². The normalized spacial score (nSPS) is 15.2. The first-order chi connectivity index (χ1) is 14.2. The first-order valence-electron chi connectivity index (χ1n) is 10.1. The highest BCUT2D eigenvalue weighted by Crippen LogP contribution is 2.20. The maximum atomic E-state index is 13.0. The lowest BCUT2D eigenvalue weighted by Gasteiger charge is -2.35. The summed E-state index contributed by atoms with van der Waals surface area (Å²) in [5.41, 5.74) is 4.72. The van der Waals surface area contributed by atoms with E-state index in [1.807, 2.05) is 23.1 Å². The van der Waals surface area contributed by atoms with Crippen LogP contribution >= 0.6 is 11.8 Å². The minimum absolute atomic E-state index is 0.186. The molecule has 1 aliphatic heterocycles. The monoisotopic (exact) mass is 408 g/mol. The van der Waals surface area contributed by atoms with Gasteiger partial charge in [0.15, 0.2) is 0 Å². The fourth-order valence-electron chi connectivity index (χ4n) is 3.96. The minimum Gasteiger partial charge on any atom is -0.339 e. The molecule has 1 aromatic heterocycles. The van der Waals surface area contributed by atoms with Crippen LogP contribution in [0.5, 0.6) is 0 Å². The molecule has 0 saturated carbocycles. The molecule has 0 radical (unpaired) electrons. The molecule has 0 spiro atoms. The Balaban J connectivity index is 1.40. The molecule has 2 aromatic carbocycles. The van der Waals surface area contributed by atoms with Gasteiger partial charge in [0, 0.05) is 32.7 Å². The lowest BCUT2D eigenvalue weighted by atomic mass is 10.1. The highest BCUT2D eigenvalue weighted by Gasteiger charge is 2.23. The molecule has 1 fully saturated rings. The van der Waals surface area contributed by atoms with Crippen molar-refractivity contribution in [2.75, 3.05) is 32.4 Å². The van der Waals surface area contributed by atoms with Crippen molar-refractivity contribution in [3.8, 4) is 0 Å². The number of fused-ring (bicyclic) bond motifs is 1. The van der Waals surface area contributed by atoms with Crippen LogP contribution in [0.2, 0.25) is 0 Å². The maximum absolute atomic E-state index is 13.0. The number of benzene rings is 2. The average Bonchev–Trinajstić information content (AvgIpc) is 3.08. The number of piperazine rings is 1. The topological polar surface area (TPSA) is 41.4 Å². The van der Waals surface area contributed by atoms with E-state index in [-0.39, 0.29) is 5.91 Å². The number of carbonyl (C=O) groups excluding carboxylic acids is 1. The summed E-state index contributed by atoms with van der Waals surface area (Å²) in [5, 5.41) is 0. The van der Waals surface area contributed by atoms with Gasteiger partial charge in [-0.1, -0.05) is 36.4 Å². The van der Waals surface area contributed by atoms with E-state index in [1.54, 1.807) is 11.8 Å². The molecule has 152 valence electrons. The molecule has 1 saturated heterocycles. The van der Waals surface area contributed by atoms with E-state index >= 15 is 0 Å². The zero-order chi connectivity index (χ0) is 20.2. The maximum Gasteiger partial charge on any atom is 0.242 e. The van der Waals surface area contributed by atoms with Gasteiger partial charge >= 0.3 is 0 Å². The van der Waals surface area contributed by atoms with Crippen LogP contribution in [0, 0.1) is 6.92 Å². The second-order valence-corrected chi connectivity index (χ2v) is 8.49. The van der Waals surface area contributed by atoms with E-state index in [1.165, 1.54) is 11.1 Å². The molecule has 0 atom stereocenters. The summed E-state index contributed by atoms with van der Waals surface area (Å²) in [6.45, 7) is 6.90. The average molecular weight is 409 g/mol. The van der Waals surface area contributed by atoms with Crippen LogP contribution in [0.3, 0.4) is 0 Å². The molecule has 4 rings (SSSR count). The predicted octanol–water partition coefficient (Wildman–Crippen LogP) is 3.55.